The van der Waals surface area contributed by atoms with Crippen LogP contribution in [-0.4, -0.2) is 56.8 Å². The summed E-state index contributed by atoms with van der Waals surface area (Å²) in [6, 6.07) is 5.59. The summed E-state index contributed by atoms with van der Waals surface area (Å²) >= 11 is 1.71. The first-order chi connectivity index (χ1) is 10.6. The SMILES string of the molecule is COc1ccc(N2C(=O)CSC2CCCN(C)C)c(OC)c1. The van der Waals surface area contributed by atoms with Crippen LogP contribution in [0.5, 0.6) is 11.5 Å². The van der Waals surface area contributed by atoms with Crippen molar-refractivity contribution in [2.24, 2.45) is 0 Å². The fraction of sp³-hybridized carbons (Fsp3) is 0.562. The van der Waals surface area contributed by atoms with Crippen LogP contribution in [0.2, 0.25) is 0 Å². The Morgan fingerprint density at radius 3 is 2.73 bits per heavy atom. The molecule has 1 unspecified atom stereocenters. The van der Waals surface area contributed by atoms with Crippen LogP contribution in [0.3, 0.4) is 0 Å². The van der Waals surface area contributed by atoms with Crippen molar-refractivity contribution in [3.8, 4) is 11.5 Å². The van der Waals surface area contributed by atoms with Gasteiger partial charge in [0.05, 0.1) is 31.0 Å². The second kappa shape index (κ2) is 7.74. The quantitative estimate of drug-likeness (QED) is 0.771. The molecule has 22 heavy (non-hydrogen) atoms. The molecule has 1 fully saturated rings. The minimum absolute atomic E-state index is 0.142. The minimum atomic E-state index is 0.142. The van der Waals surface area contributed by atoms with E-state index in [1.807, 2.05) is 23.1 Å². The van der Waals surface area contributed by atoms with Gasteiger partial charge in [-0.05, 0) is 45.6 Å². The normalized spacial score (nSPS) is 18.1. The molecule has 6 heteroatoms. The first-order valence-corrected chi connectivity index (χ1v) is 8.42. The van der Waals surface area contributed by atoms with E-state index in [0.717, 1.165) is 30.8 Å². The van der Waals surface area contributed by atoms with E-state index >= 15 is 0 Å². The largest absolute Gasteiger partial charge is 0.497 e. The van der Waals surface area contributed by atoms with Crippen molar-refractivity contribution in [3.05, 3.63) is 18.2 Å². The van der Waals surface area contributed by atoms with Crippen LogP contribution in [0, 0.1) is 0 Å². The Kier molecular flexibility index (Phi) is 5.97. The Morgan fingerprint density at radius 2 is 2.09 bits per heavy atom. The molecular formula is C16H24N2O3S. The standard InChI is InChI=1S/C16H24N2O3S/c1-17(2)9-5-6-16-18(15(19)11-22-16)13-8-7-12(20-3)10-14(13)21-4/h7-8,10,16H,5-6,9,11H2,1-4H3. The van der Waals surface area contributed by atoms with E-state index in [0.29, 0.717) is 11.5 Å². The number of thioether (sulfide) groups is 1. The molecule has 1 atom stereocenters. The van der Waals surface area contributed by atoms with Crippen molar-refractivity contribution in [1.29, 1.82) is 0 Å². The number of carbonyl (C=O) groups is 1. The molecule has 0 aliphatic carbocycles. The predicted molar refractivity (Wildman–Crippen MR) is 91.1 cm³/mol. The second-order valence-electron chi connectivity index (χ2n) is 5.51. The number of carbonyl (C=O) groups excluding carboxylic acids is 1. The Balaban J connectivity index is 2.18. The third kappa shape index (κ3) is 3.87. The van der Waals surface area contributed by atoms with Gasteiger partial charge in [0, 0.05) is 6.07 Å². The highest BCUT2D eigenvalue weighted by Gasteiger charge is 2.34. The number of rotatable bonds is 7. The average Bonchev–Trinajstić information content (AvgIpc) is 2.87. The van der Waals surface area contributed by atoms with Gasteiger partial charge in [-0.2, -0.15) is 0 Å². The third-order valence-corrected chi connectivity index (χ3v) is 4.90. The lowest BCUT2D eigenvalue weighted by molar-refractivity contribution is -0.115. The van der Waals surface area contributed by atoms with Gasteiger partial charge in [-0.1, -0.05) is 0 Å². The van der Waals surface area contributed by atoms with Crippen molar-refractivity contribution in [1.82, 2.24) is 4.90 Å². The van der Waals surface area contributed by atoms with Crippen molar-refractivity contribution < 1.29 is 14.3 Å². The van der Waals surface area contributed by atoms with E-state index in [1.165, 1.54) is 0 Å². The van der Waals surface area contributed by atoms with Gasteiger partial charge in [-0.15, -0.1) is 11.8 Å². The van der Waals surface area contributed by atoms with Crippen LogP contribution in [0.1, 0.15) is 12.8 Å². The molecule has 1 heterocycles. The van der Waals surface area contributed by atoms with Crippen LogP contribution < -0.4 is 14.4 Å². The highest BCUT2D eigenvalue weighted by molar-refractivity contribution is 8.01. The maximum Gasteiger partial charge on any atom is 0.238 e. The van der Waals surface area contributed by atoms with Gasteiger partial charge < -0.3 is 14.4 Å². The summed E-state index contributed by atoms with van der Waals surface area (Å²) in [6.07, 6.45) is 2.04. The van der Waals surface area contributed by atoms with Crippen LogP contribution >= 0.6 is 11.8 Å². The Bertz CT molecular complexity index is 522. The maximum absolute atomic E-state index is 12.3. The molecule has 1 amide bonds. The summed E-state index contributed by atoms with van der Waals surface area (Å²) in [6.45, 7) is 1.03. The summed E-state index contributed by atoms with van der Waals surface area (Å²) in [5, 5.41) is 0.176. The lowest BCUT2D eigenvalue weighted by Gasteiger charge is -2.26. The summed E-state index contributed by atoms with van der Waals surface area (Å²) in [4.78, 5) is 16.4. The molecule has 1 aromatic rings. The number of amides is 1. The number of hydrogen-bond acceptors (Lipinski definition) is 5. The molecule has 1 aromatic carbocycles. The van der Waals surface area contributed by atoms with Crippen LogP contribution in [0.25, 0.3) is 0 Å². The molecular weight excluding hydrogens is 300 g/mol. The first kappa shape index (κ1) is 17.0. The molecule has 1 aliphatic rings. The molecule has 122 valence electrons. The van der Waals surface area contributed by atoms with Crippen LogP contribution in [0.15, 0.2) is 18.2 Å². The predicted octanol–water partition coefficient (Wildman–Crippen LogP) is 2.45. The van der Waals surface area contributed by atoms with Gasteiger partial charge in [0.2, 0.25) is 5.91 Å². The van der Waals surface area contributed by atoms with E-state index < -0.39 is 0 Å². The lowest BCUT2D eigenvalue weighted by atomic mass is 10.2. The van der Waals surface area contributed by atoms with Crippen molar-refractivity contribution >= 4 is 23.4 Å². The van der Waals surface area contributed by atoms with Gasteiger partial charge in [-0.3, -0.25) is 9.69 Å². The lowest BCUT2D eigenvalue weighted by Crippen LogP contribution is -2.33. The molecule has 0 radical (unpaired) electrons. The zero-order valence-corrected chi connectivity index (χ0v) is 14.5. The number of anilines is 1. The minimum Gasteiger partial charge on any atom is -0.497 e. The van der Waals surface area contributed by atoms with Gasteiger partial charge in [0.1, 0.15) is 11.5 Å². The van der Waals surface area contributed by atoms with Gasteiger partial charge >= 0.3 is 0 Å². The number of hydrogen-bond donors (Lipinski definition) is 0. The Labute approximate surface area is 136 Å². The highest BCUT2D eigenvalue weighted by Crippen LogP contribution is 2.39. The van der Waals surface area contributed by atoms with Crippen LogP contribution in [0.4, 0.5) is 5.69 Å². The van der Waals surface area contributed by atoms with E-state index in [1.54, 1.807) is 26.0 Å². The fourth-order valence-electron chi connectivity index (χ4n) is 2.54. The van der Waals surface area contributed by atoms with Gasteiger partial charge in [0.25, 0.3) is 0 Å². The monoisotopic (exact) mass is 324 g/mol. The molecule has 1 aliphatic heterocycles. The van der Waals surface area contributed by atoms with Gasteiger partial charge in [0.15, 0.2) is 0 Å². The summed E-state index contributed by atoms with van der Waals surface area (Å²) in [5.41, 5.74) is 0.827. The fourth-order valence-corrected chi connectivity index (χ4v) is 3.73. The topological polar surface area (TPSA) is 42.0 Å². The average molecular weight is 324 g/mol. The zero-order valence-electron chi connectivity index (χ0n) is 13.7. The molecule has 0 spiro atoms. The molecule has 0 bridgehead atoms. The number of ether oxygens (including phenoxy) is 2. The Morgan fingerprint density at radius 1 is 1.32 bits per heavy atom. The van der Waals surface area contributed by atoms with E-state index in [2.05, 4.69) is 19.0 Å². The molecule has 1 saturated heterocycles. The van der Waals surface area contributed by atoms with Crippen LogP contribution in [-0.2, 0) is 4.79 Å². The van der Waals surface area contributed by atoms with E-state index in [-0.39, 0.29) is 11.3 Å². The summed E-state index contributed by atoms with van der Waals surface area (Å²) in [5.74, 6) is 2.07. The zero-order chi connectivity index (χ0) is 16.1. The van der Waals surface area contributed by atoms with E-state index in [4.69, 9.17) is 9.47 Å². The maximum atomic E-state index is 12.3. The molecule has 0 aromatic heterocycles. The van der Waals surface area contributed by atoms with Gasteiger partial charge in [-0.25, -0.2) is 0 Å². The number of benzene rings is 1. The van der Waals surface area contributed by atoms with E-state index in [9.17, 15) is 4.79 Å². The number of methoxy groups -OCH3 is 2. The van der Waals surface area contributed by atoms with Crippen molar-refractivity contribution in [2.45, 2.75) is 18.2 Å². The smallest absolute Gasteiger partial charge is 0.238 e. The molecule has 5 nitrogen and oxygen atoms in total. The molecule has 0 saturated carbocycles. The second-order valence-corrected chi connectivity index (χ2v) is 6.68. The van der Waals surface area contributed by atoms with Crippen molar-refractivity contribution in [2.75, 3.05) is 45.5 Å². The first-order valence-electron chi connectivity index (χ1n) is 7.37. The third-order valence-electron chi connectivity index (χ3n) is 3.66. The summed E-state index contributed by atoms with van der Waals surface area (Å²) in [7, 11) is 7.37. The molecule has 2 rings (SSSR count). The highest BCUT2D eigenvalue weighted by atomic mass is 32.2. The number of nitrogens with zero attached hydrogens (tertiary/aromatic N) is 2. The summed E-state index contributed by atoms with van der Waals surface area (Å²) < 4.78 is 10.7. The Hall–Kier alpha value is -1.40. The molecule has 0 N–H and O–H groups in total. The van der Waals surface area contributed by atoms with Crippen molar-refractivity contribution in [3.63, 3.8) is 0 Å².